The lowest BCUT2D eigenvalue weighted by molar-refractivity contribution is 1.11. The molecule has 0 N–H and O–H groups in total. The smallest absolute Gasteiger partial charge is 0.158 e. The van der Waals surface area contributed by atoms with Crippen molar-refractivity contribution in [3.05, 3.63) is 35.4 Å². The highest BCUT2D eigenvalue weighted by Gasteiger charge is 2.02. The van der Waals surface area contributed by atoms with Gasteiger partial charge in [-0.25, -0.2) is 0 Å². The van der Waals surface area contributed by atoms with Crippen molar-refractivity contribution in [1.82, 2.24) is 0 Å². The first-order valence-electron chi connectivity index (χ1n) is 6.20. The lowest BCUT2D eigenvalue weighted by atomic mass is 10.2. The molecule has 0 aromatic heterocycles. The van der Waals surface area contributed by atoms with Gasteiger partial charge in [-0.15, -0.1) is 0 Å². The van der Waals surface area contributed by atoms with Crippen LogP contribution in [0.15, 0.2) is 35.4 Å². The minimum Gasteiger partial charge on any atom is -0.378 e. The third-order valence-electron chi connectivity index (χ3n) is 2.58. The summed E-state index contributed by atoms with van der Waals surface area (Å²) in [5, 5.41) is 32.5. The van der Waals surface area contributed by atoms with Crippen molar-refractivity contribution in [2.75, 3.05) is 38.0 Å². The SMILES string of the molecule is CN(C)c1ccc(N(C)C)cc1.N#CC(C#N)=C(C#N)C#N. The van der Waals surface area contributed by atoms with Gasteiger partial charge in [-0.3, -0.25) is 0 Å². The van der Waals surface area contributed by atoms with E-state index in [2.05, 4.69) is 34.1 Å². The van der Waals surface area contributed by atoms with E-state index in [0.29, 0.717) is 0 Å². The minimum atomic E-state index is -0.440. The van der Waals surface area contributed by atoms with E-state index >= 15 is 0 Å². The Labute approximate surface area is 130 Å². The largest absolute Gasteiger partial charge is 0.378 e. The molecule has 0 aliphatic heterocycles. The molecule has 1 aromatic rings. The molecule has 0 bridgehead atoms. The maximum atomic E-state index is 8.13. The van der Waals surface area contributed by atoms with E-state index in [1.807, 2.05) is 28.2 Å². The van der Waals surface area contributed by atoms with Gasteiger partial charge in [0.05, 0.1) is 0 Å². The molecule has 0 aliphatic rings. The molecule has 0 heterocycles. The summed E-state index contributed by atoms with van der Waals surface area (Å²) in [5.74, 6) is 0. The van der Waals surface area contributed by atoms with E-state index in [4.69, 9.17) is 21.0 Å². The van der Waals surface area contributed by atoms with Crippen LogP contribution in [0.5, 0.6) is 0 Å². The van der Waals surface area contributed by atoms with Crippen LogP contribution in [0.25, 0.3) is 0 Å². The second-order valence-electron chi connectivity index (χ2n) is 4.50. The van der Waals surface area contributed by atoms with Crippen LogP contribution in [-0.4, -0.2) is 28.2 Å². The molecule has 6 nitrogen and oxygen atoms in total. The van der Waals surface area contributed by atoms with Gasteiger partial charge >= 0.3 is 0 Å². The van der Waals surface area contributed by atoms with Crippen molar-refractivity contribution < 1.29 is 0 Å². The van der Waals surface area contributed by atoms with Crippen molar-refractivity contribution in [1.29, 1.82) is 21.0 Å². The van der Waals surface area contributed by atoms with Crippen LogP contribution in [0.4, 0.5) is 11.4 Å². The molecule has 0 atom stereocenters. The molecule has 1 rings (SSSR count). The molecule has 0 saturated heterocycles. The molecule has 0 saturated carbocycles. The summed E-state index contributed by atoms with van der Waals surface area (Å²) >= 11 is 0. The Balaban J connectivity index is 0.000000409. The Kier molecular flexibility index (Phi) is 7.94. The van der Waals surface area contributed by atoms with E-state index in [9.17, 15) is 0 Å². The van der Waals surface area contributed by atoms with E-state index in [0.717, 1.165) is 0 Å². The minimum absolute atomic E-state index is 0.440. The van der Waals surface area contributed by atoms with Crippen LogP contribution in [0, 0.1) is 45.3 Å². The highest BCUT2D eigenvalue weighted by Crippen LogP contribution is 2.16. The highest BCUT2D eigenvalue weighted by atomic mass is 15.1. The summed E-state index contributed by atoms with van der Waals surface area (Å²) in [6.45, 7) is 0. The number of anilines is 2. The van der Waals surface area contributed by atoms with Crippen LogP contribution >= 0.6 is 0 Å². The number of hydrogen-bond acceptors (Lipinski definition) is 6. The molecule has 6 heteroatoms. The third kappa shape index (κ3) is 5.66. The summed E-state index contributed by atoms with van der Waals surface area (Å²) in [4.78, 5) is 4.19. The van der Waals surface area contributed by atoms with Gasteiger partial charge in [-0.1, -0.05) is 0 Å². The molecule has 0 spiro atoms. The van der Waals surface area contributed by atoms with Gasteiger partial charge in [-0.2, -0.15) is 21.0 Å². The number of rotatable bonds is 2. The van der Waals surface area contributed by atoms with Gasteiger partial charge in [0.2, 0.25) is 0 Å². The van der Waals surface area contributed by atoms with E-state index < -0.39 is 11.1 Å². The van der Waals surface area contributed by atoms with Crippen LogP contribution in [-0.2, 0) is 0 Å². The second-order valence-corrected chi connectivity index (χ2v) is 4.50. The van der Waals surface area contributed by atoms with Crippen molar-refractivity contribution in [3.63, 3.8) is 0 Å². The lowest BCUT2D eigenvalue weighted by Gasteiger charge is -2.16. The molecule has 110 valence electrons. The quantitative estimate of drug-likeness (QED) is 0.774. The molecular formula is C16H16N6. The number of hydrogen-bond donors (Lipinski definition) is 0. The van der Waals surface area contributed by atoms with Crippen molar-refractivity contribution >= 4 is 11.4 Å². The van der Waals surface area contributed by atoms with Crippen LogP contribution in [0.3, 0.4) is 0 Å². The first-order valence-corrected chi connectivity index (χ1v) is 6.20. The van der Waals surface area contributed by atoms with E-state index in [-0.39, 0.29) is 0 Å². The lowest BCUT2D eigenvalue weighted by Crippen LogP contribution is -2.10. The second kappa shape index (κ2) is 9.43. The van der Waals surface area contributed by atoms with Crippen LogP contribution in [0.2, 0.25) is 0 Å². The Bertz CT molecular complexity index is 592. The maximum Gasteiger partial charge on any atom is 0.158 e. The molecule has 1 aromatic carbocycles. The zero-order valence-corrected chi connectivity index (χ0v) is 13.0. The Hall–Kier alpha value is -3.48. The number of nitriles is 4. The fourth-order valence-electron chi connectivity index (χ4n) is 1.32. The molecule has 0 aliphatic carbocycles. The average molecular weight is 292 g/mol. The standard InChI is InChI=1S/C10H16N2.C6N4/c1-11(2)9-5-7-10(8-6-9)12(3)4;7-1-5(2-8)6(3-9)4-10/h5-8H,1-4H3;. The molecule has 0 amide bonds. The Morgan fingerprint density at radius 3 is 1.00 bits per heavy atom. The predicted octanol–water partition coefficient (Wildman–Crippen LogP) is 2.20. The molecule has 22 heavy (non-hydrogen) atoms. The zero-order chi connectivity index (χ0) is 17.1. The van der Waals surface area contributed by atoms with Crippen molar-refractivity contribution in [3.8, 4) is 24.3 Å². The summed E-state index contributed by atoms with van der Waals surface area (Å²) in [7, 11) is 8.19. The third-order valence-corrected chi connectivity index (χ3v) is 2.58. The van der Waals surface area contributed by atoms with Gasteiger partial charge in [0.25, 0.3) is 0 Å². The van der Waals surface area contributed by atoms with Gasteiger partial charge in [0.1, 0.15) is 24.3 Å². The van der Waals surface area contributed by atoms with Crippen molar-refractivity contribution in [2.24, 2.45) is 0 Å². The summed E-state index contributed by atoms with van der Waals surface area (Å²) in [6, 6.07) is 14.2. The van der Waals surface area contributed by atoms with E-state index in [1.165, 1.54) is 35.7 Å². The Morgan fingerprint density at radius 1 is 0.636 bits per heavy atom. The van der Waals surface area contributed by atoms with Crippen LogP contribution in [0.1, 0.15) is 0 Å². The number of nitrogens with zero attached hydrogens (tertiary/aromatic N) is 6. The normalized spacial score (nSPS) is 7.82. The maximum absolute atomic E-state index is 8.13. The van der Waals surface area contributed by atoms with Gasteiger partial charge in [0, 0.05) is 39.6 Å². The van der Waals surface area contributed by atoms with Gasteiger partial charge in [-0.05, 0) is 24.3 Å². The molecule has 0 unspecified atom stereocenters. The fourth-order valence-corrected chi connectivity index (χ4v) is 1.32. The van der Waals surface area contributed by atoms with Gasteiger partial charge in [0.15, 0.2) is 11.1 Å². The molecule has 0 radical (unpaired) electrons. The number of allylic oxidation sites excluding steroid dienone is 2. The average Bonchev–Trinajstić information content (AvgIpc) is 2.53. The Morgan fingerprint density at radius 2 is 0.864 bits per heavy atom. The molecular weight excluding hydrogens is 276 g/mol. The summed E-state index contributed by atoms with van der Waals surface area (Å²) in [6.07, 6.45) is 0. The van der Waals surface area contributed by atoms with Crippen molar-refractivity contribution in [2.45, 2.75) is 0 Å². The first-order chi connectivity index (χ1) is 10.4. The monoisotopic (exact) mass is 292 g/mol. The fraction of sp³-hybridized carbons (Fsp3) is 0.250. The van der Waals surface area contributed by atoms with Gasteiger partial charge < -0.3 is 9.80 Å². The zero-order valence-electron chi connectivity index (χ0n) is 13.0. The topological polar surface area (TPSA) is 102 Å². The van der Waals surface area contributed by atoms with E-state index in [1.54, 1.807) is 0 Å². The number of benzene rings is 1. The highest BCUT2D eigenvalue weighted by molar-refractivity contribution is 5.55. The summed E-state index contributed by atoms with van der Waals surface area (Å²) in [5.41, 5.74) is 1.59. The first kappa shape index (κ1) is 18.5. The summed E-state index contributed by atoms with van der Waals surface area (Å²) < 4.78 is 0. The van der Waals surface area contributed by atoms with Crippen LogP contribution < -0.4 is 9.80 Å². The predicted molar refractivity (Wildman–Crippen MR) is 84.6 cm³/mol. The molecule has 0 fully saturated rings.